The van der Waals surface area contributed by atoms with Crippen LogP contribution in [0.1, 0.15) is 5.56 Å². The molecule has 27 heavy (non-hydrogen) atoms. The summed E-state index contributed by atoms with van der Waals surface area (Å²) >= 11 is 0. The molecule has 4 nitrogen and oxygen atoms in total. The molecule has 0 N–H and O–H groups in total. The fourth-order valence-corrected chi connectivity index (χ4v) is 3.85. The van der Waals surface area contributed by atoms with Gasteiger partial charge in [-0.05, 0) is 25.1 Å². The van der Waals surface area contributed by atoms with Crippen LogP contribution in [0.15, 0.2) is 73.8 Å². The summed E-state index contributed by atoms with van der Waals surface area (Å²) in [6.07, 6.45) is 0. The van der Waals surface area contributed by atoms with Gasteiger partial charge in [-0.25, -0.2) is 0 Å². The number of fused-ring (bicyclic) bond motifs is 4. The Bertz CT molecular complexity index is 1650. The molecule has 0 amide bonds. The number of hydrogen-bond acceptors (Lipinski definition) is 4. The van der Waals surface area contributed by atoms with Gasteiger partial charge in [-0.15, -0.1) is 0 Å². The zero-order valence-electron chi connectivity index (χ0n) is 14.3. The number of aryl methyl sites for hydroxylation is 1. The Morgan fingerprint density at radius 1 is 0.444 bits per heavy atom. The van der Waals surface area contributed by atoms with Gasteiger partial charge in [0.2, 0.25) is 0 Å². The summed E-state index contributed by atoms with van der Waals surface area (Å²) in [6.45, 7) is 1.85. The topological polar surface area (TPSA) is 68.3 Å². The molecule has 0 unspecified atom stereocenters. The lowest BCUT2D eigenvalue weighted by Crippen LogP contribution is -2.17. The minimum absolute atomic E-state index is 0.175. The maximum Gasteiger partial charge on any atom is 0.194 e. The lowest BCUT2D eigenvalue weighted by atomic mass is 9.95. The Kier molecular flexibility index (Phi) is 2.99. The van der Waals surface area contributed by atoms with E-state index in [4.69, 9.17) is 0 Å². The average molecular weight is 352 g/mol. The third-order valence-corrected chi connectivity index (χ3v) is 5.22. The zero-order valence-corrected chi connectivity index (χ0v) is 14.3. The van der Waals surface area contributed by atoms with Crippen molar-refractivity contribution >= 4 is 43.1 Å². The predicted octanol–water partition coefficient (Wildman–Crippen LogP) is 2.92. The molecular formula is C23H12O4. The summed E-state index contributed by atoms with van der Waals surface area (Å²) < 4.78 is 0. The van der Waals surface area contributed by atoms with Crippen molar-refractivity contribution in [3.05, 3.63) is 101 Å². The van der Waals surface area contributed by atoms with Gasteiger partial charge >= 0.3 is 0 Å². The Hall–Kier alpha value is -3.66. The van der Waals surface area contributed by atoms with E-state index in [1.54, 1.807) is 42.5 Å². The van der Waals surface area contributed by atoms with Crippen LogP contribution in [0.4, 0.5) is 0 Å². The van der Waals surface area contributed by atoms with E-state index in [1.807, 2.05) is 6.92 Å². The highest BCUT2D eigenvalue weighted by Crippen LogP contribution is 2.20. The molecule has 0 heterocycles. The van der Waals surface area contributed by atoms with E-state index >= 15 is 0 Å². The van der Waals surface area contributed by atoms with E-state index in [0.29, 0.717) is 21.5 Å². The van der Waals surface area contributed by atoms with Crippen LogP contribution in [0.5, 0.6) is 0 Å². The smallest absolute Gasteiger partial charge is 0.194 e. The first-order valence-electron chi connectivity index (χ1n) is 8.54. The van der Waals surface area contributed by atoms with Crippen LogP contribution in [0.25, 0.3) is 43.1 Å². The van der Waals surface area contributed by atoms with Crippen molar-refractivity contribution in [3.8, 4) is 0 Å². The van der Waals surface area contributed by atoms with Gasteiger partial charge in [0.25, 0.3) is 0 Å². The molecule has 5 aromatic carbocycles. The summed E-state index contributed by atoms with van der Waals surface area (Å²) in [5, 5.41) is 2.01. The van der Waals surface area contributed by atoms with Crippen LogP contribution < -0.4 is 21.7 Å². The second-order valence-electron chi connectivity index (χ2n) is 6.85. The summed E-state index contributed by atoms with van der Waals surface area (Å²) in [4.78, 5) is 51.7. The lowest BCUT2D eigenvalue weighted by Gasteiger charge is -2.05. The fraction of sp³-hybridized carbons (Fsp3) is 0.0435. The van der Waals surface area contributed by atoms with E-state index in [-0.39, 0.29) is 43.3 Å². The molecule has 0 aliphatic carbocycles. The van der Waals surface area contributed by atoms with Gasteiger partial charge < -0.3 is 0 Å². The normalized spacial score (nSPS) is 11.7. The molecule has 0 aliphatic rings. The number of hydrogen-bond donors (Lipinski definition) is 0. The molecule has 0 atom stereocenters. The predicted molar refractivity (Wildman–Crippen MR) is 109 cm³/mol. The second-order valence-corrected chi connectivity index (χ2v) is 6.85. The van der Waals surface area contributed by atoms with E-state index in [9.17, 15) is 19.2 Å². The van der Waals surface area contributed by atoms with Gasteiger partial charge in [0.05, 0.1) is 0 Å². The van der Waals surface area contributed by atoms with Gasteiger partial charge in [-0.2, -0.15) is 0 Å². The third-order valence-electron chi connectivity index (χ3n) is 5.22. The van der Waals surface area contributed by atoms with Crippen molar-refractivity contribution < 1.29 is 0 Å². The molecule has 0 saturated heterocycles. The summed E-state index contributed by atoms with van der Waals surface area (Å²) in [5.41, 5.74) is -0.348. The molecule has 0 spiro atoms. The Labute approximate surface area is 151 Å². The first-order valence-corrected chi connectivity index (χ1v) is 8.54. The van der Waals surface area contributed by atoms with Crippen molar-refractivity contribution in [3.63, 3.8) is 0 Å². The van der Waals surface area contributed by atoms with E-state index < -0.39 is 0 Å². The highest BCUT2D eigenvalue weighted by molar-refractivity contribution is 6.07. The molecule has 0 saturated carbocycles. The maximum atomic E-state index is 13.0. The van der Waals surface area contributed by atoms with Gasteiger partial charge in [0.15, 0.2) is 21.7 Å². The van der Waals surface area contributed by atoms with Crippen LogP contribution in [0.3, 0.4) is 0 Å². The highest BCUT2D eigenvalue weighted by atomic mass is 16.1. The summed E-state index contributed by atoms with van der Waals surface area (Å²) in [6, 6.07) is 14.5. The fourth-order valence-electron chi connectivity index (χ4n) is 3.85. The lowest BCUT2D eigenvalue weighted by molar-refractivity contribution is 1.50. The van der Waals surface area contributed by atoms with Crippen molar-refractivity contribution in [2.75, 3.05) is 0 Å². The molecule has 0 aliphatic heterocycles. The second kappa shape index (κ2) is 5.17. The van der Waals surface area contributed by atoms with Gasteiger partial charge in [0.1, 0.15) is 0 Å². The summed E-state index contributed by atoms with van der Waals surface area (Å²) in [7, 11) is 0. The highest BCUT2D eigenvalue weighted by Gasteiger charge is 2.16. The van der Waals surface area contributed by atoms with Crippen LogP contribution in [-0.2, 0) is 0 Å². The molecule has 0 fully saturated rings. The molecule has 5 rings (SSSR count). The first-order chi connectivity index (χ1) is 13.0. The molecule has 5 aromatic rings. The minimum Gasteiger partial charge on any atom is -0.289 e. The molecular weight excluding hydrogens is 340 g/mol. The Balaban J connectivity index is 2.14. The Morgan fingerprint density at radius 3 is 1.30 bits per heavy atom. The van der Waals surface area contributed by atoms with E-state index in [2.05, 4.69) is 0 Å². The SMILES string of the molecule is Cc1ccc2c(=O)c3cc4c(=O)c5ccccc5c(=O)c4cc3c(=O)c2c1. The van der Waals surface area contributed by atoms with Crippen LogP contribution in [0, 0.1) is 6.92 Å². The monoisotopic (exact) mass is 352 g/mol. The van der Waals surface area contributed by atoms with Gasteiger partial charge in [-0.3, -0.25) is 19.2 Å². The van der Waals surface area contributed by atoms with Crippen molar-refractivity contribution in [1.29, 1.82) is 0 Å². The average Bonchev–Trinajstić information content (AvgIpc) is 2.69. The van der Waals surface area contributed by atoms with E-state index in [1.165, 1.54) is 12.1 Å². The molecule has 128 valence electrons. The third kappa shape index (κ3) is 1.98. The van der Waals surface area contributed by atoms with Crippen LogP contribution >= 0.6 is 0 Å². The molecule has 0 radical (unpaired) electrons. The van der Waals surface area contributed by atoms with Crippen LogP contribution in [-0.4, -0.2) is 0 Å². The number of rotatable bonds is 0. The van der Waals surface area contributed by atoms with Crippen molar-refractivity contribution in [2.24, 2.45) is 0 Å². The van der Waals surface area contributed by atoms with Gasteiger partial charge in [0, 0.05) is 43.1 Å². The minimum atomic E-state index is -0.307. The Morgan fingerprint density at radius 2 is 0.815 bits per heavy atom. The number of benzene rings is 5. The molecule has 0 bridgehead atoms. The standard InChI is InChI=1S/C23H12O4/c1-11-6-7-14-15(8-11)23(27)19-10-17-16(9-18(19)22(14)26)20(24)12-4-2-3-5-13(12)21(17)25/h2-10H,1H3. The quantitative estimate of drug-likeness (QED) is 0.402. The zero-order chi connectivity index (χ0) is 18.9. The first kappa shape index (κ1) is 15.6. The van der Waals surface area contributed by atoms with Crippen molar-refractivity contribution in [1.82, 2.24) is 0 Å². The van der Waals surface area contributed by atoms with Crippen LogP contribution in [0.2, 0.25) is 0 Å². The largest absolute Gasteiger partial charge is 0.289 e. The molecule has 0 aromatic heterocycles. The van der Waals surface area contributed by atoms with E-state index in [0.717, 1.165) is 5.56 Å². The summed E-state index contributed by atoms with van der Waals surface area (Å²) in [5.74, 6) is 0. The van der Waals surface area contributed by atoms with Crippen molar-refractivity contribution in [2.45, 2.75) is 6.92 Å². The molecule has 4 heteroatoms. The maximum absolute atomic E-state index is 13.0. The van der Waals surface area contributed by atoms with Gasteiger partial charge in [-0.1, -0.05) is 42.0 Å².